The molecule has 0 amide bonds. The molecule has 19 heavy (non-hydrogen) atoms. The molecule has 102 valence electrons. The van der Waals surface area contributed by atoms with Crippen LogP contribution in [0.15, 0.2) is 18.2 Å². The maximum atomic E-state index is 9.66. The predicted molar refractivity (Wildman–Crippen MR) is 79.8 cm³/mol. The molecule has 0 radical (unpaired) electrons. The van der Waals surface area contributed by atoms with E-state index in [1.807, 2.05) is 19.9 Å². The third-order valence-electron chi connectivity index (χ3n) is 3.89. The van der Waals surface area contributed by atoms with Crippen LogP contribution in [0.4, 0.5) is 5.69 Å². The lowest BCUT2D eigenvalue weighted by molar-refractivity contribution is 0.471. The maximum absolute atomic E-state index is 9.66. The van der Waals surface area contributed by atoms with Gasteiger partial charge in [0.1, 0.15) is 5.75 Å². The summed E-state index contributed by atoms with van der Waals surface area (Å²) in [5, 5.41) is 13.1. The zero-order valence-electron chi connectivity index (χ0n) is 12.3. The summed E-state index contributed by atoms with van der Waals surface area (Å²) in [5.41, 5.74) is 6.91. The minimum atomic E-state index is 0.356. The van der Waals surface area contributed by atoms with Crippen LogP contribution in [0.3, 0.4) is 0 Å². The number of hydrogen-bond acceptors (Lipinski definition) is 2. The minimum absolute atomic E-state index is 0.356. The van der Waals surface area contributed by atoms with Crippen molar-refractivity contribution in [2.75, 3.05) is 5.32 Å². The quantitative estimate of drug-likeness (QED) is 0.826. The number of anilines is 1. The van der Waals surface area contributed by atoms with E-state index in [0.717, 1.165) is 23.4 Å². The number of nitrogens with one attached hydrogen (secondary N) is 1. The van der Waals surface area contributed by atoms with Crippen molar-refractivity contribution in [2.24, 2.45) is 7.05 Å². The summed E-state index contributed by atoms with van der Waals surface area (Å²) in [6, 6.07) is 6.02. The number of phenols is 1. The average Bonchev–Trinajstić information content (AvgIpc) is 2.60. The Morgan fingerprint density at radius 3 is 2.32 bits per heavy atom. The molecule has 2 rings (SSSR count). The fourth-order valence-electron chi connectivity index (χ4n) is 2.29. The summed E-state index contributed by atoms with van der Waals surface area (Å²) in [4.78, 5) is 0. The van der Waals surface area contributed by atoms with Crippen LogP contribution in [-0.2, 0) is 13.6 Å². The Bertz CT molecular complexity index is 612. The first kappa shape index (κ1) is 13.5. The van der Waals surface area contributed by atoms with Crippen molar-refractivity contribution in [3.05, 3.63) is 46.3 Å². The first-order valence-electron chi connectivity index (χ1n) is 6.56. The highest BCUT2D eigenvalue weighted by Gasteiger charge is 2.07. The highest BCUT2D eigenvalue weighted by molar-refractivity contribution is 5.57. The molecule has 0 bridgehead atoms. The van der Waals surface area contributed by atoms with Crippen molar-refractivity contribution in [1.29, 1.82) is 0 Å². The second-order valence-electron chi connectivity index (χ2n) is 5.26. The van der Waals surface area contributed by atoms with Gasteiger partial charge in [-0.3, -0.25) is 0 Å². The summed E-state index contributed by atoms with van der Waals surface area (Å²) < 4.78 is 2.20. The van der Waals surface area contributed by atoms with E-state index in [0.29, 0.717) is 5.75 Å². The van der Waals surface area contributed by atoms with Gasteiger partial charge in [0.05, 0.1) is 0 Å². The fourth-order valence-corrected chi connectivity index (χ4v) is 2.29. The van der Waals surface area contributed by atoms with E-state index in [-0.39, 0.29) is 0 Å². The molecular formula is C16H22N2O. The third-order valence-corrected chi connectivity index (χ3v) is 3.89. The molecule has 0 spiro atoms. The molecule has 0 atom stereocenters. The van der Waals surface area contributed by atoms with E-state index in [1.54, 1.807) is 6.07 Å². The molecule has 0 unspecified atom stereocenters. The Kier molecular flexibility index (Phi) is 3.56. The van der Waals surface area contributed by atoms with Crippen LogP contribution in [0, 0.1) is 27.7 Å². The maximum Gasteiger partial charge on any atom is 0.118 e. The number of rotatable bonds is 3. The molecule has 0 aliphatic rings. The van der Waals surface area contributed by atoms with E-state index in [9.17, 15) is 5.11 Å². The fraction of sp³-hybridized carbons (Fsp3) is 0.375. The number of benzene rings is 1. The SMILES string of the molecule is Cc1cc(NCc2cc(C)n(C)c2C)c(C)cc1O. The van der Waals surface area contributed by atoms with Gasteiger partial charge in [-0.15, -0.1) is 0 Å². The molecular weight excluding hydrogens is 236 g/mol. The second kappa shape index (κ2) is 5.00. The Labute approximate surface area is 114 Å². The van der Waals surface area contributed by atoms with Gasteiger partial charge < -0.3 is 15.0 Å². The van der Waals surface area contributed by atoms with Crippen LogP contribution in [-0.4, -0.2) is 9.67 Å². The molecule has 2 aromatic rings. The number of aromatic nitrogens is 1. The summed E-state index contributed by atoms with van der Waals surface area (Å²) >= 11 is 0. The molecule has 0 aliphatic heterocycles. The van der Waals surface area contributed by atoms with Crippen LogP contribution in [0.25, 0.3) is 0 Å². The molecule has 0 fully saturated rings. The molecule has 0 saturated carbocycles. The first-order chi connectivity index (χ1) is 8.90. The van der Waals surface area contributed by atoms with Crippen molar-refractivity contribution in [1.82, 2.24) is 4.57 Å². The lowest BCUT2D eigenvalue weighted by Gasteiger charge is -2.12. The van der Waals surface area contributed by atoms with Crippen molar-refractivity contribution < 1.29 is 5.11 Å². The normalized spacial score (nSPS) is 10.8. The lowest BCUT2D eigenvalue weighted by Crippen LogP contribution is -2.03. The Morgan fingerprint density at radius 2 is 1.74 bits per heavy atom. The number of nitrogens with zero attached hydrogens (tertiary/aromatic N) is 1. The molecule has 1 heterocycles. The van der Waals surface area contributed by atoms with Crippen LogP contribution in [0.5, 0.6) is 5.75 Å². The molecule has 1 aromatic carbocycles. The molecule has 0 saturated heterocycles. The van der Waals surface area contributed by atoms with Gasteiger partial charge in [0.25, 0.3) is 0 Å². The standard InChI is InChI=1S/C16H22N2O/c1-10-7-16(19)11(2)6-15(10)17-9-14-8-12(3)18(5)13(14)4/h6-8,17,19H,9H2,1-5H3. The Hall–Kier alpha value is -1.90. The van der Waals surface area contributed by atoms with E-state index in [1.165, 1.54) is 17.0 Å². The third kappa shape index (κ3) is 2.60. The van der Waals surface area contributed by atoms with E-state index in [4.69, 9.17) is 0 Å². The monoisotopic (exact) mass is 258 g/mol. The van der Waals surface area contributed by atoms with E-state index in [2.05, 4.69) is 36.8 Å². The molecule has 3 nitrogen and oxygen atoms in total. The van der Waals surface area contributed by atoms with E-state index < -0.39 is 0 Å². The topological polar surface area (TPSA) is 37.2 Å². The summed E-state index contributed by atoms with van der Waals surface area (Å²) in [6.07, 6.45) is 0. The predicted octanol–water partition coefficient (Wildman–Crippen LogP) is 3.58. The zero-order chi connectivity index (χ0) is 14.2. The zero-order valence-corrected chi connectivity index (χ0v) is 12.3. The van der Waals surface area contributed by atoms with Crippen LogP contribution < -0.4 is 5.32 Å². The Morgan fingerprint density at radius 1 is 1.05 bits per heavy atom. The van der Waals surface area contributed by atoms with Crippen molar-refractivity contribution in [2.45, 2.75) is 34.2 Å². The summed E-state index contributed by atoms with van der Waals surface area (Å²) in [6.45, 7) is 8.98. The van der Waals surface area contributed by atoms with Gasteiger partial charge in [-0.05, 0) is 62.6 Å². The van der Waals surface area contributed by atoms with Crippen LogP contribution in [0.1, 0.15) is 28.1 Å². The molecule has 1 aromatic heterocycles. The molecule has 2 N–H and O–H groups in total. The smallest absolute Gasteiger partial charge is 0.118 e. The van der Waals surface area contributed by atoms with Crippen molar-refractivity contribution in [3.63, 3.8) is 0 Å². The van der Waals surface area contributed by atoms with E-state index >= 15 is 0 Å². The van der Waals surface area contributed by atoms with Gasteiger partial charge in [0.15, 0.2) is 0 Å². The lowest BCUT2D eigenvalue weighted by atomic mass is 10.1. The highest BCUT2D eigenvalue weighted by Crippen LogP contribution is 2.25. The largest absolute Gasteiger partial charge is 0.508 e. The number of hydrogen-bond donors (Lipinski definition) is 2. The number of phenolic OH excluding ortho intramolecular Hbond substituents is 1. The van der Waals surface area contributed by atoms with Gasteiger partial charge >= 0.3 is 0 Å². The number of aromatic hydroxyl groups is 1. The Balaban J connectivity index is 2.19. The van der Waals surface area contributed by atoms with Gasteiger partial charge in [-0.1, -0.05) is 0 Å². The summed E-state index contributed by atoms with van der Waals surface area (Å²) in [7, 11) is 2.09. The van der Waals surface area contributed by atoms with Gasteiger partial charge in [-0.2, -0.15) is 0 Å². The van der Waals surface area contributed by atoms with Crippen molar-refractivity contribution >= 4 is 5.69 Å². The summed E-state index contributed by atoms with van der Waals surface area (Å²) in [5.74, 6) is 0.356. The molecule has 3 heteroatoms. The van der Waals surface area contributed by atoms with Crippen LogP contribution in [0.2, 0.25) is 0 Å². The van der Waals surface area contributed by atoms with Gasteiger partial charge in [-0.25, -0.2) is 0 Å². The average molecular weight is 258 g/mol. The second-order valence-corrected chi connectivity index (χ2v) is 5.26. The van der Waals surface area contributed by atoms with Crippen LogP contribution >= 0.6 is 0 Å². The minimum Gasteiger partial charge on any atom is -0.508 e. The van der Waals surface area contributed by atoms with Gasteiger partial charge in [0, 0.05) is 30.7 Å². The highest BCUT2D eigenvalue weighted by atomic mass is 16.3. The van der Waals surface area contributed by atoms with Crippen molar-refractivity contribution in [3.8, 4) is 5.75 Å². The number of aryl methyl sites for hydroxylation is 3. The molecule has 0 aliphatic carbocycles. The van der Waals surface area contributed by atoms with Gasteiger partial charge in [0.2, 0.25) is 0 Å². The first-order valence-corrected chi connectivity index (χ1v) is 6.56.